The summed E-state index contributed by atoms with van der Waals surface area (Å²) >= 11 is 0. The molecule has 4 heteroatoms. The zero-order chi connectivity index (χ0) is 8.20. The van der Waals surface area contributed by atoms with Crippen molar-refractivity contribution in [1.82, 2.24) is 0 Å². The van der Waals surface area contributed by atoms with Crippen LogP contribution in [0.1, 0.15) is 26.7 Å². The molecular formula is C6H15NO2S. The molecule has 62 valence electrons. The fourth-order valence-electron chi connectivity index (χ4n) is 0.973. The minimum atomic E-state index is -3.25. The first-order chi connectivity index (χ1) is 4.45. The van der Waals surface area contributed by atoms with E-state index in [1.165, 1.54) is 0 Å². The third kappa shape index (κ3) is 6.04. The SMILES string of the molecule is CCC[C@H](C)CS(N)(=O)=O. The van der Waals surface area contributed by atoms with Gasteiger partial charge in [-0.25, -0.2) is 13.6 Å². The summed E-state index contributed by atoms with van der Waals surface area (Å²) in [4.78, 5) is 0. The van der Waals surface area contributed by atoms with Gasteiger partial charge >= 0.3 is 0 Å². The van der Waals surface area contributed by atoms with E-state index in [0.717, 1.165) is 12.8 Å². The Hall–Kier alpha value is -0.0900. The topological polar surface area (TPSA) is 60.2 Å². The zero-order valence-corrected chi connectivity index (χ0v) is 7.32. The van der Waals surface area contributed by atoms with E-state index in [1.54, 1.807) is 0 Å². The third-order valence-corrected chi connectivity index (χ3v) is 2.33. The van der Waals surface area contributed by atoms with Gasteiger partial charge < -0.3 is 0 Å². The fourth-order valence-corrected chi connectivity index (χ4v) is 1.93. The number of nitrogens with two attached hydrogens (primary N) is 1. The molecule has 3 nitrogen and oxygen atoms in total. The number of primary sulfonamides is 1. The minimum absolute atomic E-state index is 0.112. The molecular weight excluding hydrogens is 150 g/mol. The van der Waals surface area contributed by atoms with Gasteiger partial charge in [-0.05, 0) is 12.3 Å². The van der Waals surface area contributed by atoms with Crippen molar-refractivity contribution in [1.29, 1.82) is 0 Å². The standard InChI is InChI=1S/C6H15NO2S/c1-3-4-6(2)5-10(7,8)9/h6H,3-5H2,1-2H3,(H2,7,8,9)/t6-/m0/s1. The van der Waals surface area contributed by atoms with Gasteiger partial charge in [-0.1, -0.05) is 20.3 Å². The van der Waals surface area contributed by atoms with E-state index in [-0.39, 0.29) is 11.7 Å². The second kappa shape index (κ2) is 3.93. The molecule has 0 rings (SSSR count). The summed E-state index contributed by atoms with van der Waals surface area (Å²) in [6.07, 6.45) is 1.94. The van der Waals surface area contributed by atoms with Gasteiger partial charge in [0.1, 0.15) is 0 Å². The van der Waals surface area contributed by atoms with Gasteiger partial charge in [-0.2, -0.15) is 0 Å². The van der Waals surface area contributed by atoms with Crippen molar-refractivity contribution in [2.45, 2.75) is 26.7 Å². The van der Waals surface area contributed by atoms with Crippen LogP contribution in [0.15, 0.2) is 0 Å². The molecule has 1 atom stereocenters. The molecule has 10 heavy (non-hydrogen) atoms. The summed E-state index contributed by atoms with van der Waals surface area (Å²) in [6.45, 7) is 3.92. The quantitative estimate of drug-likeness (QED) is 0.667. The Morgan fingerprint density at radius 1 is 1.50 bits per heavy atom. The van der Waals surface area contributed by atoms with Crippen molar-refractivity contribution in [3.05, 3.63) is 0 Å². The molecule has 0 spiro atoms. The maximum atomic E-state index is 10.5. The van der Waals surface area contributed by atoms with Gasteiger partial charge in [-0.3, -0.25) is 0 Å². The van der Waals surface area contributed by atoms with Crippen molar-refractivity contribution in [3.63, 3.8) is 0 Å². The predicted molar refractivity (Wildman–Crippen MR) is 42.0 cm³/mol. The van der Waals surface area contributed by atoms with Crippen LogP contribution in [0.25, 0.3) is 0 Å². The third-order valence-electron chi connectivity index (χ3n) is 1.30. The van der Waals surface area contributed by atoms with Gasteiger partial charge in [-0.15, -0.1) is 0 Å². The largest absolute Gasteiger partial charge is 0.229 e. The molecule has 0 fully saturated rings. The van der Waals surface area contributed by atoms with Crippen LogP contribution in [0.2, 0.25) is 0 Å². The summed E-state index contributed by atoms with van der Waals surface area (Å²) in [7, 11) is -3.25. The molecule has 2 N–H and O–H groups in total. The molecule has 0 heterocycles. The smallest absolute Gasteiger partial charge is 0.209 e. The zero-order valence-electron chi connectivity index (χ0n) is 6.50. The molecule has 0 aromatic rings. The van der Waals surface area contributed by atoms with Crippen molar-refractivity contribution in [3.8, 4) is 0 Å². The minimum Gasteiger partial charge on any atom is -0.229 e. The van der Waals surface area contributed by atoms with E-state index in [2.05, 4.69) is 0 Å². The van der Waals surface area contributed by atoms with Crippen LogP contribution in [0.5, 0.6) is 0 Å². The normalized spacial score (nSPS) is 15.1. The molecule has 0 saturated carbocycles. The summed E-state index contributed by atoms with van der Waals surface area (Å²) in [5.41, 5.74) is 0. The predicted octanol–water partition coefficient (Wildman–Crippen LogP) is 0.711. The highest BCUT2D eigenvalue weighted by molar-refractivity contribution is 7.89. The first-order valence-corrected chi connectivity index (χ1v) is 5.17. The van der Waals surface area contributed by atoms with Gasteiger partial charge in [0.25, 0.3) is 0 Å². The van der Waals surface area contributed by atoms with E-state index in [0.29, 0.717) is 0 Å². The van der Waals surface area contributed by atoms with Crippen LogP contribution in [0, 0.1) is 5.92 Å². The van der Waals surface area contributed by atoms with E-state index in [4.69, 9.17) is 5.14 Å². The van der Waals surface area contributed by atoms with E-state index < -0.39 is 10.0 Å². The molecule has 0 bridgehead atoms. The van der Waals surface area contributed by atoms with Crippen LogP contribution in [-0.2, 0) is 10.0 Å². The van der Waals surface area contributed by atoms with Crippen LogP contribution < -0.4 is 5.14 Å². The molecule has 0 aromatic carbocycles. The average molecular weight is 165 g/mol. The Morgan fingerprint density at radius 2 is 2.00 bits per heavy atom. The highest BCUT2D eigenvalue weighted by atomic mass is 32.2. The van der Waals surface area contributed by atoms with Crippen molar-refractivity contribution < 1.29 is 8.42 Å². The second-order valence-electron chi connectivity index (χ2n) is 2.72. The van der Waals surface area contributed by atoms with Crippen molar-refractivity contribution >= 4 is 10.0 Å². The Bertz CT molecular complexity index is 174. The second-order valence-corrected chi connectivity index (χ2v) is 4.38. The van der Waals surface area contributed by atoms with Crippen molar-refractivity contribution in [2.24, 2.45) is 11.1 Å². The number of rotatable bonds is 4. The first-order valence-electron chi connectivity index (χ1n) is 3.46. The molecule has 0 aromatic heterocycles. The van der Waals surface area contributed by atoms with Crippen LogP contribution >= 0.6 is 0 Å². The number of hydrogen-bond acceptors (Lipinski definition) is 2. The maximum Gasteiger partial charge on any atom is 0.209 e. The highest BCUT2D eigenvalue weighted by Gasteiger charge is 2.08. The van der Waals surface area contributed by atoms with Crippen LogP contribution in [0.4, 0.5) is 0 Å². The van der Waals surface area contributed by atoms with Crippen LogP contribution in [-0.4, -0.2) is 14.2 Å². The van der Waals surface area contributed by atoms with Gasteiger partial charge in [0.2, 0.25) is 10.0 Å². The lowest BCUT2D eigenvalue weighted by Gasteiger charge is -2.06. The fraction of sp³-hybridized carbons (Fsp3) is 1.00. The Balaban J connectivity index is 3.69. The van der Waals surface area contributed by atoms with E-state index in [9.17, 15) is 8.42 Å². The summed E-state index contributed by atoms with van der Waals surface area (Å²) in [5.74, 6) is 0.306. The Morgan fingerprint density at radius 3 is 2.30 bits per heavy atom. The van der Waals surface area contributed by atoms with Gasteiger partial charge in [0.05, 0.1) is 5.75 Å². The Kier molecular flexibility index (Phi) is 3.89. The lowest BCUT2D eigenvalue weighted by molar-refractivity contribution is 0.546. The highest BCUT2D eigenvalue weighted by Crippen LogP contribution is 2.05. The average Bonchev–Trinajstić information content (AvgIpc) is 1.59. The van der Waals surface area contributed by atoms with Crippen LogP contribution in [0.3, 0.4) is 0 Å². The molecule has 0 unspecified atom stereocenters. The number of hydrogen-bond donors (Lipinski definition) is 1. The summed E-state index contributed by atoms with van der Waals surface area (Å²) in [5, 5.41) is 4.84. The monoisotopic (exact) mass is 165 g/mol. The lowest BCUT2D eigenvalue weighted by Crippen LogP contribution is -2.21. The summed E-state index contributed by atoms with van der Waals surface area (Å²) in [6, 6.07) is 0. The molecule has 0 aliphatic carbocycles. The van der Waals surface area contributed by atoms with Gasteiger partial charge in [0.15, 0.2) is 0 Å². The first kappa shape index (κ1) is 9.91. The Labute approximate surface area is 62.7 Å². The number of sulfonamides is 1. The summed E-state index contributed by atoms with van der Waals surface area (Å²) < 4.78 is 21.0. The lowest BCUT2D eigenvalue weighted by atomic mass is 10.1. The van der Waals surface area contributed by atoms with Gasteiger partial charge in [0, 0.05) is 0 Å². The van der Waals surface area contributed by atoms with E-state index >= 15 is 0 Å². The molecule has 0 saturated heterocycles. The van der Waals surface area contributed by atoms with E-state index in [1.807, 2.05) is 13.8 Å². The molecule has 0 radical (unpaired) electrons. The maximum absolute atomic E-state index is 10.5. The van der Waals surface area contributed by atoms with Crippen molar-refractivity contribution in [2.75, 3.05) is 5.75 Å². The molecule has 0 aliphatic rings. The molecule has 0 aliphatic heterocycles. The molecule has 0 amide bonds.